The first kappa shape index (κ1) is 14.9. The van der Waals surface area contributed by atoms with E-state index < -0.39 is 0 Å². The minimum atomic E-state index is 0.278. The summed E-state index contributed by atoms with van der Waals surface area (Å²) in [4.78, 5) is 2.58. The maximum Gasteiger partial charge on any atom is 0.119 e. The fraction of sp³-hybridized carbons (Fsp3) is 0.667. The lowest BCUT2D eigenvalue weighted by Crippen LogP contribution is -2.47. The van der Waals surface area contributed by atoms with Crippen molar-refractivity contribution in [3.63, 3.8) is 0 Å². The van der Waals surface area contributed by atoms with Crippen LogP contribution in [0.15, 0.2) is 18.2 Å². The summed E-state index contributed by atoms with van der Waals surface area (Å²) in [5, 5.41) is 3.38. The molecule has 3 nitrogen and oxygen atoms in total. The quantitative estimate of drug-likeness (QED) is 0.921. The molecule has 0 bridgehead atoms. The van der Waals surface area contributed by atoms with Crippen LogP contribution in [0.5, 0.6) is 5.75 Å². The molecule has 2 aliphatic rings. The molecule has 0 radical (unpaired) electrons. The fourth-order valence-electron chi connectivity index (χ4n) is 3.53. The van der Waals surface area contributed by atoms with Crippen molar-refractivity contribution in [2.75, 3.05) is 19.7 Å². The van der Waals surface area contributed by atoms with Crippen LogP contribution >= 0.6 is 0 Å². The summed E-state index contributed by atoms with van der Waals surface area (Å²) in [7, 11) is 0. The van der Waals surface area contributed by atoms with Crippen molar-refractivity contribution in [3.05, 3.63) is 29.3 Å². The molecule has 0 spiro atoms. The molecular formula is C18H28N2O. The molecule has 0 aromatic heterocycles. The maximum absolute atomic E-state index is 6.15. The van der Waals surface area contributed by atoms with Crippen LogP contribution in [0.1, 0.15) is 44.7 Å². The van der Waals surface area contributed by atoms with Gasteiger partial charge in [0.2, 0.25) is 0 Å². The maximum atomic E-state index is 6.15. The highest BCUT2D eigenvalue weighted by Crippen LogP contribution is 2.32. The number of ether oxygens (including phenoxy) is 1. The SMILES string of the molecule is CC(C)N1CCCC(C)(COc2ccc3c(c2)CNC3)C1. The Balaban J connectivity index is 1.61. The number of hydrogen-bond acceptors (Lipinski definition) is 3. The lowest BCUT2D eigenvalue weighted by atomic mass is 9.82. The molecule has 116 valence electrons. The van der Waals surface area contributed by atoms with E-state index in [1.54, 1.807) is 0 Å². The van der Waals surface area contributed by atoms with Crippen LogP contribution in [-0.2, 0) is 13.1 Å². The van der Waals surface area contributed by atoms with E-state index in [1.165, 1.54) is 30.5 Å². The van der Waals surface area contributed by atoms with E-state index in [1.807, 2.05) is 0 Å². The smallest absolute Gasteiger partial charge is 0.119 e. The summed E-state index contributed by atoms with van der Waals surface area (Å²) < 4.78 is 6.15. The van der Waals surface area contributed by atoms with Crippen LogP contribution in [0.4, 0.5) is 0 Å². The number of nitrogens with one attached hydrogen (secondary N) is 1. The van der Waals surface area contributed by atoms with Gasteiger partial charge in [-0.2, -0.15) is 0 Å². The first-order valence-electron chi connectivity index (χ1n) is 8.25. The lowest BCUT2D eigenvalue weighted by Gasteiger charge is -2.42. The molecule has 2 aliphatic heterocycles. The van der Waals surface area contributed by atoms with E-state index in [0.717, 1.165) is 32.0 Å². The second-order valence-corrected chi connectivity index (χ2v) is 7.30. The van der Waals surface area contributed by atoms with Crippen LogP contribution in [-0.4, -0.2) is 30.6 Å². The standard InChI is InChI=1S/C18H28N2O/c1-14(2)20-8-4-7-18(3,12-20)13-21-17-6-5-15-10-19-11-16(15)9-17/h5-6,9,14,19H,4,7-8,10-13H2,1-3H3. The lowest BCUT2D eigenvalue weighted by molar-refractivity contribution is 0.0405. The molecule has 21 heavy (non-hydrogen) atoms. The van der Waals surface area contributed by atoms with Crippen molar-refractivity contribution in [2.24, 2.45) is 5.41 Å². The van der Waals surface area contributed by atoms with Crippen molar-refractivity contribution in [3.8, 4) is 5.75 Å². The van der Waals surface area contributed by atoms with Crippen LogP contribution in [0.25, 0.3) is 0 Å². The van der Waals surface area contributed by atoms with Gasteiger partial charge in [-0.15, -0.1) is 0 Å². The van der Waals surface area contributed by atoms with Gasteiger partial charge in [-0.25, -0.2) is 0 Å². The summed E-state index contributed by atoms with van der Waals surface area (Å²) in [6.07, 6.45) is 2.55. The topological polar surface area (TPSA) is 24.5 Å². The summed E-state index contributed by atoms with van der Waals surface area (Å²) in [5.74, 6) is 1.03. The van der Waals surface area contributed by atoms with E-state index in [-0.39, 0.29) is 5.41 Å². The van der Waals surface area contributed by atoms with Gasteiger partial charge >= 0.3 is 0 Å². The van der Waals surface area contributed by atoms with Crippen LogP contribution in [0.3, 0.4) is 0 Å². The molecule has 1 aromatic rings. The predicted molar refractivity (Wildman–Crippen MR) is 86.5 cm³/mol. The third-order valence-corrected chi connectivity index (χ3v) is 4.94. The molecule has 1 N–H and O–H groups in total. The van der Waals surface area contributed by atoms with Gasteiger partial charge in [0.15, 0.2) is 0 Å². The molecule has 0 saturated carbocycles. The van der Waals surface area contributed by atoms with Gasteiger partial charge in [-0.3, -0.25) is 0 Å². The molecule has 1 unspecified atom stereocenters. The Hall–Kier alpha value is -1.06. The zero-order valence-corrected chi connectivity index (χ0v) is 13.6. The first-order chi connectivity index (χ1) is 10.1. The zero-order chi connectivity index (χ0) is 14.9. The summed E-state index contributed by atoms with van der Waals surface area (Å²) >= 11 is 0. The number of hydrogen-bond donors (Lipinski definition) is 1. The van der Waals surface area contributed by atoms with Crippen molar-refractivity contribution in [1.82, 2.24) is 10.2 Å². The Kier molecular flexibility index (Phi) is 4.23. The molecule has 3 rings (SSSR count). The van der Waals surface area contributed by atoms with Gasteiger partial charge in [0.05, 0.1) is 6.61 Å². The summed E-state index contributed by atoms with van der Waals surface area (Å²) in [6.45, 7) is 12.1. The van der Waals surface area contributed by atoms with Gasteiger partial charge in [0, 0.05) is 31.1 Å². The third kappa shape index (κ3) is 3.41. The summed E-state index contributed by atoms with van der Waals surface area (Å²) in [5.41, 5.74) is 3.09. The van der Waals surface area contributed by atoms with E-state index in [2.05, 4.69) is 49.2 Å². The van der Waals surface area contributed by atoms with Gasteiger partial charge in [0.1, 0.15) is 5.75 Å². The Labute approximate surface area is 128 Å². The molecule has 0 aliphatic carbocycles. The molecule has 1 aromatic carbocycles. The average molecular weight is 288 g/mol. The van der Waals surface area contributed by atoms with Crippen molar-refractivity contribution >= 4 is 0 Å². The number of likely N-dealkylation sites (tertiary alicyclic amines) is 1. The molecular weight excluding hydrogens is 260 g/mol. The van der Waals surface area contributed by atoms with Crippen LogP contribution in [0.2, 0.25) is 0 Å². The van der Waals surface area contributed by atoms with E-state index in [9.17, 15) is 0 Å². The second-order valence-electron chi connectivity index (χ2n) is 7.30. The Morgan fingerprint density at radius 3 is 2.90 bits per heavy atom. The molecule has 0 amide bonds. The predicted octanol–water partition coefficient (Wildman–Crippen LogP) is 3.18. The minimum Gasteiger partial charge on any atom is -0.493 e. The van der Waals surface area contributed by atoms with E-state index in [4.69, 9.17) is 4.74 Å². The zero-order valence-electron chi connectivity index (χ0n) is 13.6. The Bertz CT molecular complexity index is 500. The molecule has 1 saturated heterocycles. The van der Waals surface area contributed by atoms with Crippen LogP contribution < -0.4 is 10.1 Å². The molecule has 1 fully saturated rings. The molecule has 3 heteroatoms. The van der Waals surface area contributed by atoms with Crippen molar-refractivity contribution < 1.29 is 4.74 Å². The highest BCUT2D eigenvalue weighted by atomic mass is 16.5. The average Bonchev–Trinajstić information content (AvgIpc) is 2.93. The number of benzene rings is 1. The monoisotopic (exact) mass is 288 g/mol. The minimum absolute atomic E-state index is 0.278. The summed E-state index contributed by atoms with van der Waals surface area (Å²) in [6, 6.07) is 7.17. The van der Waals surface area contributed by atoms with Crippen LogP contribution in [0, 0.1) is 5.41 Å². The highest BCUT2D eigenvalue weighted by Gasteiger charge is 2.32. The van der Waals surface area contributed by atoms with E-state index >= 15 is 0 Å². The number of piperidine rings is 1. The Morgan fingerprint density at radius 1 is 1.29 bits per heavy atom. The third-order valence-electron chi connectivity index (χ3n) is 4.94. The van der Waals surface area contributed by atoms with Gasteiger partial charge in [0.25, 0.3) is 0 Å². The number of rotatable bonds is 4. The molecule has 2 heterocycles. The number of nitrogens with zero attached hydrogens (tertiary/aromatic N) is 1. The van der Waals surface area contributed by atoms with Gasteiger partial charge in [-0.1, -0.05) is 13.0 Å². The normalized spacial score (nSPS) is 26.1. The van der Waals surface area contributed by atoms with E-state index in [0.29, 0.717) is 6.04 Å². The van der Waals surface area contributed by atoms with Crippen molar-refractivity contribution in [2.45, 2.75) is 52.7 Å². The largest absolute Gasteiger partial charge is 0.493 e. The Morgan fingerprint density at radius 2 is 2.10 bits per heavy atom. The second kappa shape index (κ2) is 5.98. The van der Waals surface area contributed by atoms with Gasteiger partial charge in [-0.05, 0) is 56.5 Å². The van der Waals surface area contributed by atoms with Gasteiger partial charge < -0.3 is 15.0 Å². The molecule has 1 atom stereocenters. The first-order valence-corrected chi connectivity index (χ1v) is 8.25. The fourth-order valence-corrected chi connectivity index (χ4v) is 3.53. The number of fused-ring (bicyclic) bond motifs is 1. The van der Waals surface area contributed by atoms with Crippen molar-refractivity contribution in [1.29, 1.82) is 0 Å². The highest BCUT2D eigenvalue weighted by molar-refractivity contribution is 5.37.